The highest BCUT2D eigenvalue weighted by Gasteiger charge is 2.47. The lowest BCUT2D eigenvalue weighted by Gasteiger charge is -2.26. The van der Waals surface area contributed by atoms with Crippen LogP contribution in [0.4, 0.5) is 13.2 Å². The predicted molar refractivity (Wildman–Crippen MR) is 87.4 cm³/mol. The number of likely N-dealkylation sites (tertiary alicyclic amines) is 1. The summed E-state index contributed by atoms with van der Waals surface area (Å²) in [4.78, 5) is 16.0. The lowest BCUT2D eigenvalue weighted by molar-refractivity contribution is -0.192. The van der Waals surface area contributed by atoms with Crippen LogP contribution in [0.3, 0.4) is 0 Å². The molecule has 25 heavy (non-hydrogen) atoms. The van der Waals surface area contributed by atoms with Crippen LogP contribution in [0, 0.1) is 12.8 Å². The van der Waals surface area contributed by atoms with E-state index in [0.717, 1.165) is 17.5 Å². The number of hydrogen-bond donors (Lipinski definition) is 1. The minimum atomic E-state index is -5.08. The Kier molecular flexibility index (Phi) is 6.59. The largest absolute Gasteiger partial charge is 0.490 e. The smallest absolute Gasteiger partial charge is 0.475 e. The number of alkyl halides is 3. The Hall–Kier alpha value is -1.45. The van der Waals surface area contributed by atoms with Gasteiger partial charge in [0.25, 0.3) is 0 Å². The third-order valence-corrected chi connectivity index (χ3v) is 5.12. The summed E-state index contributed by atoms with van der Waals surface area (Å²) < 4.78 is 37.7. The van der Waals surface area contributed by atoms with Crippen LogP contribution in [-0.4, -0.2) is 52.4 Å². The Labute approximate surface area is 148 Å². The molecule has 2 aliphatic rings. The van der Waals surface area contributed by atoms with E-state index in [9.17, 15) is 13.2 Å². The second kappa shape index (κ2) is 8.29. The molecule has 3 atom stereocenters. The normalized spacial score (nSPS) is 25.5. The molecule has 1 saturated heterocycles. The van der Waals surface area contributed by atoms with Gasteiger partial charge in [0, 0.05) is 24.5 Å². The van der Waals surface area contributed by atoms with E-state index in [0.29, 0.717) is 18.8 Å². The van der Waals surface area contributed by atoms with Gasteiger partial charge in [-0.05, 0) is 25.7 Å². The first-order valence-corrected chi connectivity index (χ1v) is 8.78. The number of nitrogens with zero attached hydrogens (tertiary/aromatic N) is 2. The number of aromatic nitrogens is 1. The molecule has 9 heteroatoms. The van der Waals surface area contributed by atoms with Crippen molar-refractivity contribution in [2.24, 2.45) is 5.92 Å². The van der Waals surface area contributed by atoms with E-state index < -0.39 is 12.1 Å². The molecule has 140 valence electrons. The van der Waals surface area contributed by atoms with Gasteiger partial charge in [-0.25, -0.2) is 9.78 Å². The number of rotatable bonds is 5. The van der Waals surface area contributed by atoms with Crippen LogP contribution in [0.5, 0.6) is 0 Å². The number of carboxylic acid groups (broad SMARTS) is 1. The first-order valence-electron chi connectivity index (χ1n) is 7.90. The molecule has 0 spiro atoms. The molecule has 5 nitrogen and oxygen atoms in total. The van der Waals surface area contributed by atoms with Crippen LogP contribution >= 0.6 is 11.3 Å². The van der Waals surface area contributed by atoms with Gasteiger partial charge < -0.3 is 9.84 Å². The Morgan fingerprint density at radius 1 is 1.56 bits per heavy atom. The number of carbonyl (C=O) groups is 1. The van der Waals surface area contributed by atoms with Gasteiger partial charge in [0.15, 0.2) is 0 Å². The summed E-state index contributed by atoms with van der Waals surface area (Å²) in [7, 11) is 0. The summed E-state index contributed by atoms with van der Waals surface area (Å²) >= 11 is 1.74. The number of aryl methyl sites for hydroxylation is 1. The van der Waals surface area contributed by atoms with Crippen molar-refractivity contribution in [2.75, 3.05) is 13.2 Å². The van der Waals surface area contributed by atoms with Crippen LogP contribution in [0.25, 0.3) is 0 Å². The molecule has 3 unspecified atom stereocenters. The first kappa shape index (κ1) is 19.9. The van der Waals surface area contributed by atoms with Gasteiger partial charge in [0.05, 0.1) is 23.4 Å². The third kappa shape index (κ3) is 5.26. The van der Waals surface area contributed by atoms with Crippen LogP contribution < -0.4 is 0 Å². The molecule has 1 aromatic rings. The number of aliphatic carboxylic acids is 1. The molecule has 1 aliphatic carbocycles. The summed E-state index contributed by atoms with van der Waals surface area (Å²) in [5.74, 6) is -2.04. The Morgan fingerprint density at radius 2 is 2.24 bits per heavy atom. The zero-order valence-corrected chi connectivity index (χ0v) is 14.6. The third-order valence-electron chi connectivity index (χ3n) is 4.30. The number of fused-ring (bicyclic) bond motifs is 2. The molecular weight excluding hydrogens is 357 g/mol. The van der Waals surface area contributed by atoms with Gasteiger partial charge >= 0.3 is 12.1 Å². The lowest BCUT2D eigenvalue weighted by Crippen LogP contribution is -2.34. The molecule has 2 bridgehead atoms. The fraction of sp³-hybridized carbons (Fsp3) is 0.625. The van der Waals surface area contributed by atoms with E-state index in [2.05, 4.69) is 28.8 Å². The Bertz CT molecular complexity index is 606. The molecular formula is C16H21F3N2O3S. The maximum Gasteiger partial charge on any atom is 0.490 e. The standard InChI is InChI=1S/C14H20N2OS.C2HF3O2/c1-3-6-17-14-11-4-5-13(14)16(7-11)8-12-9-18-10(2)15-12;3-2(4,5)1(6)7/h3,9,11,13-14H,1,4-8H2,2H3;(H,6,7). The van der Waals surface area contributed by atoms with Gasteiger partial charge in [-0.1, -0.05) is 6.08 Å². The summed E-state index contributed by atoms with van der Waals surface area (Å²) in [6, 6.07) is 0.594. The number of thiazole rings is 1. The maximum atomic E-state index is 10.6. The molecule has 0 amide bonds. The molecule has 1 N–H and O–H groups in total. The molecule has 0 aromatic carbocycles. The van der Waals surface area contributed by atoms with Gasteiger partial charge in [-0.3, -0.25) is 4.90 Å². The van der Waals surface area contributed by atoms with E-state index in [-0.39, 0.29) is 0 Å². The molecule has 1 aliphatic heterocycles. The lowest BCUT2D eigenvalue weighted by atomic mass is 10.1. The average molecular weight is 378 g/mol. The topological polar surface area (TPSA) is 62.7 Å². The highest BCUT2D eigenvalue weighted by Crippen LogP contribution is 2.40. The summed E-state index contributed by atoms with van der Waals surface area (Å²) in [6.45, 7) is 8.64. The van der Waals surface area contributed by atoms with Crippen LogP contribution in [0.15, 0.2) is 18.0 Å². The van der Waals surface area contributed by atoms with E-state index in [1.165, 1.54) is 25.1 Å². The predicted octanol–water partition coefficient (Wildman–Crippen LogP) is 3.25. The van der Waals surface area contributed by atoms with Crippen LogP contribution in [-0.2, 0) is 16.1 Å². The second-order valence-electron chi connectivity index (χ2n) is 6.08. The SMILES string of the molecule is C=CCOC1C2CCC1N(Cc1csc(C)n1)C2.O=C(O)C(F)(F)F. The van der Waals surface area contributed by atoms with Crippen molar-refractivity contribution in [3.8, 4) is 0 Å². The highest BCUT2D eigenvalue weighted by molar-refractivity contribution is 7.09. The molecule has 2 heterocycles. The molecule has 0 radical (unpaired) electrons. The molecule has 2 fully saturated rings. The molecule has 1 aromatic heterocycles. The fourth-order valence-corrected chi connectivity index (χ4v) is 3.95. The molecule has 1 saturated carbocycles. The van der Waals surface area contributed by atoms with Crippen molar-refractivity contribution in [1.82, 2.24) is 9.88 Å². The van der Waals surface area contributed by atoms with E-state index in [1.54, 1.807) is 11.3 Å². The Balaban J connectivity index is 0.000000277. The van der Waals surface area contributed by atoms with Crippen molar-refractivity contribution in [3.63, 3.8) is 0 Å². The quantitative estimate of drug-likeness (QED) is 0.797. The van der Waals surface area contributed by atoms with E-state index >= 15 is 0 Å². The van der Waals surface area contributed by atoms with Crippen LogP contribution in [0.2, 0.25) is 0 Å². The van der Waals surface area contributed by atoms with Gasteiger partial charge in [-0.2, -0.15) is 13.2 Å². The second-order valence-corrected chi connectivity index (χ2v) is 7.14. The van der Waals surface area contributed by atoms with E-state index in [1.807, 2.05) is 6.08 Å². The van der Waals surface area contributed by atoms with Gasteiger partial charge in [0.2, 0.25) is 0 Å². The number of halogens is 3. The first-order chi connectivity index (χ1) is 11.7. The van der Waals surface area contributed by atoms with Crippen molar-refractivity contribution in [1.29, 1.82) is 0 Å². The summed E-state index contributed by atoms with van der Waals surface area (Å²) in [6.07, 6.45) is -0.219. The van der Waals surface area contributed by atoms with E-state index in [4.69, 9.17) is 14.6 Å². The Morgan fingerprint density at radius 3 is 2.76 bits per heavy atom. The van der Waals surface area contributed by atoms with Crippen molar-refractivity contribution in [3.05, 3.63) is 28.7 Å². The average Bonchev–Trinajstić information content (AvgIpc) is 3.19. The monoisotopic (exact) mass is 378 g/mol. The number of carboxylic acids is 1. The summed E-state index contributed by atoms with van der Waals surface area (Å²) in [5, 5.41) is 10.5. The minimum Gasteiger partial charge on any atom is -0.475 e. The van der Waals surface area contributed by atoms with Crippen molar-refractivity contribution in [2.45, 2.75) is 44.6 Å². The number of piperidine rings is 1. The number of hydrogen-bond acceptors (Lipinski definition) is 5. The van der Waals surface area contributed by atoms with Crippen LogP contribution in [0.1, 0.15) is 23.5 Å². The fourth-order valence-electron chi connectivity index (χ4n) is 3.35. The van der Waals surface area contributed by atoms with Crippen molar-refractivity contribution >= 4 is 17.3 Å². The zero-order valence-electron chi connectivity index (χ0n) is 13.8. The highest BCUT2D eigenvalue weighted by atomic mass is 32.1. The van der Waals surface area contributed by atoms with Crippen molar-refractivity contribution < 1.29 is 27.8 Å². The summed E-state index contributed by atoms with van der Waals surface area (Å²) in [5.41, 5.74) is 1.22. The van der Waals surface area contributed by atoms with Gasteiger partial charge in [-0.15, -0.1) is 17.9 Å². The van der Waals surface area contributed by atoms with Gasteiger partial charge in [0.1, 0.15) is 0 Å². The molecule has 3 rings (SSSR count). The minimum absolute atomic E-state index is 0.419. The zero-order chi connectivity index (χ0) is 18.6. The maximum absolute atomic E-state index is 10.6. The number of ether oxygens (including phenoxy) is 1.